The Kier molecular flexibility index (Phi) is 8.83. The largest absolute Gasteiger partial charge is 0.491 e. The van der Waals surface area contributed by atoms with E-state index in [0.29, 0.717) is 50.2 Å². The molecule has 6 heteroatoms. The third-order valence-electron chi connectivity index (χ3n) is 8.55. The molecule has 1 aliphatic carbocycles. The van der Waals surface area contributed by atoms with E-state index in [1.54, 1.807) is 12.1 Å². The van der Waals surface area contributed by atoms with Crippen molar-refractivity contribution >= 4 is 11.8 Å². The van der Waals surface area contributed by atoms with Gasteiger partial charge in [-0.3, -0.25) is 9.59 Å². The lowest BCUT2D eigenvalue weighted by Crippen LogP contribution is -2.53. The van der Waals surface area contributed by atoms with Crippen LogP contribution in [0.25, 0.3) is 0 Å². The molecule has 2 aliphatic rings. The first kappa shape index (κ1) is 27.9. The predicted octanol–water partition coefficient (Wildman–Crippen LogP) is 6.41. The summed E-state index contributed by atoms with van der Waals surface area (Å²) in [5.41, 5.74) is 1.70. The van der Waals surface area contributed by atoms with E-state index in [-0.39, 0.29) is 30.3 Å². The van der Waals surface area contributed by atoms with Crippen LogP contribution < -0.4 is 4.74 Å². The van der Waals surface area contributed by atoms with Crippen molar-refractivity contribution < 1.29 is 18.7 Å². The van der Waals surface area contributed by atoms with Crippen LogP contribution in [0, 0.1) is 5.82 Å². The molecular formula is C34H39FN2O3. The first-order valence-electron chi connectivity index (χ1n) is 14.6. The summed E-state index contributed by atoms with van der Waals surface area (Å²) in [5.74, 6) is 0.268. The molecule has 1 atom stereocenters. The van der Waals surface area contributed by atoms with E-state index in [1.807, 2.05) is 65.3 Å². The Morgan fingerprint density at radius 1 is 0.925 bits per heavy atom. The lowest BCUT2D eigenvalue weighted by molar-refractivity contribution is -0.140. The lowest BCUT2D eigenvalue weighted by atomic mass is 9.77. The fourth-order valence-corrected chi connectivity index (χ4v) is 6.37. The highest BCUT2D eigenvalue weighted by Crippen LogP contribution is 2.43. The molecule has 5 nitrogen and oxygen atoms in total. The molecule has 2 amide bonds. The Bertz CT molecular complexity index is 1310. The van der Waals surface area contributed by atoms with Crippen LogP contribution in [0.4, 0.5) is 4.39 Å². The van der Waals surface area contributed by atoms with E-state index in [9.17, 15) is 14.0 Å². The van der Waals surface area contributed by atoms with Crippen LogP contribution in [0.5, 0.6) is 5.75 Å². The topological polar surface area (TPSA) is 49.9 Å². The molecule has 0 spiro atoms. The van der Waals surface area contributed by atoms with Gasteiger partial charge in [-0.05, 0) is 74.4 Å². The molecule has 40 heavy (non-hydrogen) atoms. The average Bonchev–Trinajstić information content (AvgIpc) is 3.48. The second kappa shape index (κ2) is 12.7. The number of halogens is 1. The standard InChI is InChI=1S/C34H39FN2O3/c1-2-36-21-10-11-22-37(33(39)34(19-8-9-20-34)27-15-12-16-28(35)24-27)29(23-26-13-4-3-5-14-26)25-40-31-18-7-6-17-30(31)32(36)38/h3-7,12-18,24,29H,2,8-11,19-23,25H2,1H3/t29-/m0/s1. The van der Waals surface area contributed by atoms with Crippen LogP contribution in [0.1, 0.15) is 66.9 Å². The number of para-hydroxylation sites is 1. The number of amides is 2. The molecular weight excluding hydrogens is 503 g/mol. The van der Waals surface area contributed by atoms with Crippen molar-refractivity contribution in [3.05, 3.63) is 101 Å². The Morgan fingerprint density at radius 3 is 2.40 bits per heavy atom. The van der Waals surface area contributed by atoms with Crippen LogP contribution in [0.3, 0.4) is 0 Å². The maximum atomic E-state index is 14.8. The van der Waals surface area contributed by atoms with E-state index < -0.39 is 5.41 Å². The van der Waals surface area contributed by atoms with Crippen molar-refractivity contribution in [2.24, 2.45) is 0 Å². The molecule has 0 bridgehead atoms. The minimum atomic E-state index is -0.739. The number of carbonyl (C=O) groups is 2. The number of benzene rings is 3. The Labute approximate surface area is 236 Å². The number of fused-ring (bicyclic) bond motifs is 1. The van der Waals surface area contributed by atoms with Gasteiger partial charge in [0.2, 0.25) is 5.91 Å². The number of ether oxygens (including phenoxy) is 1. The number of hydrogen-bond donors (Lipinski definition) is 0. The normalized spacial score (nSPS) is 19.8. The summed E-state index contributed by atoms with van der Waals surface area (Å²) < 4.78 is 20.8. The highest BCUT2D eigenvalue weighted by molar-refractivity contribution is 5.97. The zero-order chi connectivity index (χ0) is 28.0. The molecule has 3 aromatic rings. The van der Waals surface area contributed by atoms with Crippen LogP contribution in [0.2, 0.25) is 0 Å². The smallest absolute Gasteiger partial charge is 0.257 e. The first-order valence-corrected chi connectivity index (χ1v) is 14.6. The maximum absolute atomic E-state index is 14.8. The van der Waals surface area contributed by atoms with Crippen molar-refractivity contribution in [3.63, 3.8) is 0 Å². The molecule has 0 aromatic heterocycles. The number of nitrogens with zero attached hydrogens (tertiary/aromatic N) is 2. The Morgan fingerprint density at radius 2 is 1.65 bits per heavy atom. The number of carbonyl (C=O) groups excluding carboxylic acids is 2. The van der Waals surface area contributed by atoms with Crippen LogP contribution in [-0.4, -0.2) is 53.9 Å². The zero-order valence-electron chi connectivity index (χ0n) is 23.4. The minimum absolute atomic E-state index is 0.0257. The SMILES string of the molecule is CCN1CCCCN(C(=O)C2(c3cccc(F)c3)CCCC2)[C@@H](Cc2ccccc2)COc2ccccc2C1=O. The van der Waals surface area contributed by atoms with E-state index in [1.165, 1.54) is 6.07 Å². The summed E-state index contributed by atoms with van der Waals surface area (Å²) in [5, 5.41) is 0. The molecule has 1 fully saturated rings. The summed E-state index contributed by atoms with van der Waals surface area (Å²) >= 11 is 0. The van der Waals surface area contributed by atoms with Gasteiger partial charge in [0, 0.05) is 19.6 Å². The third kappa shape index (κ3) is 5.91. The average molecular weight is 543 g/mol. The molecule has 0 saturated heterocycles. The van der Waals surface area contributed by atoms with Crippen molar-refractivity contribution in [2.75, 3.05) is 26.2 Å². The second-order valence-electron chi connectivity index (χ2n) is 11.0. The second-order valence-corrected chi connectivity index (χ2v) is 11.0. The van der Waals surface area contributed by atoms with Crippen molar-refractivity contribution in [1.82, 2.24) is 9.80 Å². The summed E-state index contributed by atoms with van der Waals surface area (Å²) in [4.78, 5) is 32.0. The van der Waals surface area contributed by atoms with Crippen molar-refractivity contribution in [3.8, 4) is 5.75 Å². The third-order valence-corrected chi connectivity index (χ3v) is 8.55. The summed E-state index contributed by atoms with van der Waals surface area (Å²) in [6.45, 7) is 4.03. The van der Waals surface area contributed by atoms with Crippen LogP contribution >= 0.6 is 0 Å². The quantitative estimate of drug-likeness (QED) is 0.374. The van der Waals surface area contributed by atoms with Gasteiger partial charge in [0.25, 0.3) is 5.91 Å². The van der Waals surface area contributed by atoms with Crippen molar-refractivity contribution in [1.29, 1.82) is 0 Å². The van der Waals surface area contributed by atoms with Gasteiger partial charge in [-0.25, -0.2) is 4.39 Å². The lowest BCUT2D eigenvalue weighted by Gasteiger charge is -2.40. The van der Waals surface area contributed by atoms with Crippen LogP contribution in [0.15, 0.2) is 78.9 Å². The Hall–Kier alpha value is -3.67. The summed E-state index contributed by atoms with van der Waals surface area (Å²) in [6.07, 6.45) is 5.49. The van der Waals surface area contributed by atoms with E-state index >= 15 is 0 Å². The number of hydrogen-bond acceptors (Lipinski definition) is 3. The van der Waals surface area contributed by atoms with Gasteiger partial charge < -0.3 is 14.5 Å². The molecule has 210 valence electrons. The highest BCUT2D eigenvalue weighted by Gasteiger charge is 2.46. The molecule has 1 aliphatic heterocycles. The molecule has 0 N–H and O–H groups in total. The highest BCUT2D eigenvalue weighted by atomic mass is 19.1. The van der Waals surface area contributed by atoms with E-state index in [4.69, 9.17) is 4.74 Å². The van der Waals surface area contributed by atoms with Gasteiger partial charge in [-0.15, -0.1) is 0 Å². The molecule has 0 radical (unpaired) electrons. The van der Waals surface area contributed by atoms with E-state index in [2.05, 4.69) is 12.1 Å². The van der Waals surface area contributed by atoms with Crippen LogP contribution in [-0.2, 0) is 16.6 Å². The van der Waals surface area contributed by atoms with Gasteiger partial charge in [-0.1, -0.05) is 67.4 Å². The van der Waals surface area contributed by atoms with Gasteiger partial charge in [-0.2, -0.15) is 0 Å². The van der Waals surface area contributed by atoms with Gasteiger partial charge in [0.1, 0.15) is 18.2 Å². The van der Waals surface area contributed by atoms with Gasteiger partial charge >= 0.3 is 0 Å². The Balaban J connectivity index is 1.54. The van der Waals surface area contributed by atoms with Crippen molar-refractivity contribution in [2.45, 2.75) is 63.3 Å². The number of rotatable bonds is 5. The van der Waals surface area contributed by atoms with Gasteiger partial charge in [0.05, 0.1) is 17.0 Å². The molecule has 0 unspecified atom stereocenters. The molecule has 1 heterocycles. The minimum Gasteiger partial charge on any atom is -0.491 e. The summed E-state index contributed by atoms with van der Waals surface area (Å²) in [7, 11) is 0. The first-order chi connectivity index (χ1) is 19.5. The molecule has 1 saturated carbocycles. The molecule has 3 aromatic carbocycles. The fraction of sp³-hybridized carbons (Fsp3) is 0.412. The van der Waals surface area contributed by atoms with E-state index in [0.717, 1.165) is 36.8 Å². The van der Waals surface area contributed by atoms with Gasteiger partial charge in [0.15, 0.2) is 0 Å². The fourth-order valence-electron chi connectivity index (χ4n) is 6.37. The molecule has 5 rings (SSSR count). The zero-order valence-corrected chi connectivity index (χ0v) is 23.4. The summed E-state index contributed by atoms with van der Waals surface area (Å²) in [6, 6.07) is 23.9. The predicted molar refractivity (Wildman–Crippen MR) is 155 cm³/mol. The maximum Gasteiger partial charge on any atom is 0.257 e. The monoisotopic (exact) mass is 542 g/mol.